The van der Waals surface area contributed by atoms with Gasteiger partial charge in [0.2, 0.25) is 11.8 Å². The number of hydrogen-bond donors (Lipinski definition) is 1. The van der Waals surface area contributed by atoms with Crippen LogP contribution in [-0.2, 0) is 32.6 Å². The van der Waals surface area contributed by atoms with Gasteiger partial charge in [0.15, 0.2) is 0 Å². The molecule has 242 valence electrons. The summed E-state index contributed by atoms with van der Waals surface area (Å²) >= 11 is 13.1. The molecule has 0 unspecified atom stereocenters. The molecule has 4 aromatic carbocycles. The van der Waals surface area contributed by atoms with Crippen LogP contribution in [-0.4, -0.2) is 43.8 Å². The smallest absolute Gasteiger partial charge is 0.264 e. The number of halogens is 3. The standard InChI is InChI=1S/C35H36Cl2FN3O4S/c1-4-25(3)39-35(43)33(21-26-9-6-5-7-10-26)40(22-30-31(36)11-8-12-32(30)37)34(42)23-41(28-17-13-24(2)14-18-28)46(44,45)29-19-15-27(38)16-20-29/h5-20,25,33H,4,21-23H2,1-3H3,(H,39,43)/t25-,33+/m0/s1. The van der Waals surface area contributed by atoms with Crippen molar-refractivity contribution in [1.29, 1.82) is 0 Å². The van der Waals surface area contributed by atoms with Crippen LogP contribution in [0.15, 0.2) is 102 Å². The van der Waals surface area contributed by atoms with E-state index in [1.807, 2.05) is 51.1 Å². The fourth-order valence-corrected chi connectivity index (χ4v) is 6.75. The van der Waals surface area contributed by atoms with Gasteiger partial charge in [-0.2, -0.15) is 0 Å². The van der Waals surface area contributed by atoms with Crippen molar-refractivity contribution >= 4 is 50.7 Å². The molecule has 0 aliphatic heterocycles. The zero-order valence-corrected chi connectivity index (χ0v) is 28.1. The number of benzene rings is 4. The minimum atomic E-state index is -4.36. The normalized spacial score (nSPS) is 12.7. The van der Waals surface area contributed by atoms with Gasteiger partial charge in [0.25, 0.3) is 10.0 Å². The van der Waals surface area contributed by atoms with Gasteiger partial charge in [-0.1, -0.05) is 84.2 Å². The fourth-order valence-electron chi connectivity index (χ4n) is 4.82. The summed E-state index contributed by atoms with van der Waals surface area (Å²) in [5, 5.41) is 3.57. The molecule has 4 aromatic rings. The third-order valence-corrected chi connectivity index (χ3v) is 10.2. The highest BCUT2D eigenvalue weighted by atomic mass is 35.5. The number of nitrogens with one attached hydrogen (secondary N) is 1. The van der Waals surface area contributed by atoms with Gasteiger partial charge in [-0.15, -0.1) is 0 Å². The summed E-state index contributed by atoms with van der Waals surface area (Å²) in [6, 6.07) is 24.0. The maximum Gasteiger partial charge on any atom is 0.264 e. The maximum atomic E-state index is 14.5. The second-order valence-corrected chi connectivity index (χ2v) is 13.7. The average molecular weight is 685 g/mol. The van der Waals surface area contributed by atoms with Crippen molar-refractivity contribution in [2.75, 3.05) is 10.8 Å². The number of sulfonamides is 1. The van der Waals surface area contributed by atoms with E-state index in [0.29, 0.717) is 22.0 Å². The van der Waals surface area contributed by atoms with E-state index in [-0.39, 0.29) is 29.6 Å². The van der Waals surface area contributed by atoms with Crippen molar-refractivity contribution in [3.8, 4) is 0 Å². The van der Waals surface area contributed by atoms with Gasteiger partial charge in [-0.25, -0.2) is 12.8 Å². The Morgan fingerprint density at radius 2 is 1.48 bits per heavy atom. The van der Waals surface area contributed by atoms with Crippen molar-refractivity contribution in [2.45, 2.75) is 57.1 Å². The van der Waals surface area contributed by atoms with Crippen molar-refractivity contribution in [1.82, 2.24) is 10.2 Å². The molecule has 0 bridgehead atoms. The van der Waals surface area contributed by atoms with E-state index in [1.54, 1.807) is 42.5 Å². The Morgan fingerprint density at radius 1 is 0.870 bits per heavy atom. The Bertz CT molecular complexity index is 1740. The zero-order chi connectivity index (χ0) is 33.4. The lowest BCUT2D eigenvalue weighted by Crippen LogP contribution is -2.54. The molecule has 0 fully saturated rings. The quantitative estimate of drug-likeness (QED) is 0.162. The number of carbonyl (C=O) groups excluding carboxylic acids is 2. The molecular weight excluding hydrogens is 648 g/mol. The maximum absolute atomic E-state index is 14.5. The molecule has 0 aliphatic rings. The molecule has 0 saturated carbocycles. The Kier molecular flexibility index (Phi) is 11.8. The third-order valence-electron chi connectivity index (χ3n) is 7.66. The SMILES string of the molecule is CC[C@H](C)NC(=O)[C@@H](Cc1ccccc1)N(Cc1c(Cl)cccc1Cl)C(=O)CN(c1ccc(C)cc1)S(=O)(=O)c1ccc(F)cc1. The van der Waals surface area contributed by atoms with Crippen LogP contribution in [0.1, 0.15) is 37.0 Å². The largest absolute Gasteiger partial charge is 0.352 e. The molecule has 4 rings (SSSR count). The van der Waals surface area contributed by atoms with Gasteiger partial charge >= 0.3 is 0 Å². The molecule has 2 amide bonds. The average Bonchev–Trinajstić information content (AvgIpc) is 3.03. The molecule has 0 heterocycles. The van der Waals surface area contributed by atoms with Gasteiger partial charge in [-0.3, -0.25) is 13.9 Å². The summed E-state index contributed by atoms with van der Waals surface area (Å²) in [6.07, 6.45) is 0.803. The number of nitrogens with zero attached hydrogens (tertiary/aromatic N) is 2. The van der Waals surface area contributed by atoms with Crippen molar-refractivity contribution < 1.29 is 22.4 Å². The minimum absolute atomic E-state index is 0.145. The number of amides is 2. The van der Waals surface area contributed by atoms with Crippen LogP contribution >= 0.6 is 23.2 Å². The van der Waals surface area contributed by atoms with E-state index in [2.05, 4.69) is 5.32 Å². The van der Waals surface area contributed by atoms with Crippen LogP contribution in [0.25, 0.3) is 0 Å². The minimum Gasteiger partial charge on any atom is -0.352 e. The van der Waals surface area contributed by atoms with Crippen molar-refractivity contribution in [2.24, 2.45) is 0 Å². The van der Waals surface area contributed by atoms with Crippen LogP contribution in [0.5, 0.6) is 0 Å². The summed E-state index contributed by atoms with van der Waals surface area (Å²) in [7, 11) is -4.36. The topological polar surface area (TPSA) is 86.8 Å². The number of aryl methyl sites for hydroxylation is 1. The molecule has 0 aromatic heterocycles. The van der Waals surface area contributed by atoms with E-state index in [1.165, 1.54) is 4.90 Å². The highest BCUT2D eigenvalue weighted by molar-refractivity contribution is 7.92. The first kappa shape index (κ1) is 34.9. The first-order valence-electron chi connectivity index (χ1n) is 14.8. The molecule has 7 nitrogen and oxygen atoms in total. The van der Waals surface area contributed by atoms with Crippen LogP contribution in [0, 0.1) is 12.7 Å². The fraction of sp³-hybridized carbons (Fsp3) is 0.257. The lowest BCUT2D eigenvalue weighted by molar-refractivity contribution is -0.140. The van der Waals surface area contributed by atoms with Gasteiger partial charge < -0.3 is 10.2 Å². The highest BCUT2D eigenvalue weighted by Crippen LogP contribution is 2.29. The number of rotatable bonds is 13. The Morgan fingerprint density at radius 3 is 2.07 bits per heavy atom. The van der Waals surface area contributed by atoms with Gasteiger partial charge in [-0.05, 0) is 74.4 Å². The van der Waals surface area contributed by atoms with Crippen LogP contribution in [0.2, 0.25) is 10.0 Å². The lowest BCUT2D eigenvalue weighted by atomic mass is 10.0. The predicted octanol–water partition coefficient (Wildman–Crippen LogP) is 7.19. The van der Waals surface area contributed by atoms with Gasteiger partial charge in [0, 0.05) is 34.6 Å². The number of anilines is 1. The van der Waals surface area contributed by atoms with Crippen LogP contribution in [0.3, 0.4) is 0 Å². The van der Waals surface area contributed by atoms with E-state index < -0.39 is 40.2 Å². The van der Waals surface area contributed by atoms with E-state index in [9.17, 15) is 22.4 Å². The highest BCUT2D eigenvalue weighted by Gasteiger charge is 2.35. The molecule has 0 radical (unpaired) electrons. The molecule has 11 heteroatoms. The summed E-state index contributed by atoms with van der Waals surface area (Å²) in [5.41, 5.74) is 2.32. The first-order valence-corrected chi connectivity index (χ1v) is 17.0. The van der Waals surface area contributed by atoms with Crippen LogP contribution < -0.4 is 9.62 Å². The Hall–Kier alpha value is -3.92. The van der Waals surface area contributed by atoms with Crippen molar-refractivity contribution in [3.63, 3.8) is 0 Å². The number of hydrogen-bond acceptors (Lipinski definition) is 4. The molecular formula is C35H36Cl2FN3O4S. The summed E-state index contributed by atoms with van der Waals surface area (Å²) < 4.78 is 42.8. The molecule has 46 heavy (non-hydrogen) atoms. The molecule has 0 saturated heterocycles. The third kappa shape index (κ3) is 8.66. The van der Waals surface area contributed by atoms with Crippen LogP contribution in [0.4, 0.5) is 10.1 Å². The Labute approximate surface area is 280 Å². The van der Waals surface area contributed by atoms with E-state index in [4.69, 9.17) is 23.2 Å². The van der Waals surface area contributed by atoms with E-state index >= 15 is 0 Å². The van der Waals surface area contributed by atoms with Gasteiger partial charge in [0.1, 0.15) is 18.4 Å². The zero-order valence-electron chi connectivity index (χ0n) is 25.8. The van der Waals surface area contributed by atoms with Crippen molar-refractivity contribution in [3.05, 3.63) is 130 Å². The Balaban J connectivity index is 1.84. The summed E-state index contributed by atoms with van der Waals surface area (Å²) in [4.78, 5) is 29.6. The molecule has 1 N–H and O–H groups in total. The van der Waals surface area contributed by atoms with E-state index in [0.717, 1.165) is 39.7 Å². The monoisotopic (exact) mass is 683 g/mol. The lowest BCUT2D eigenvalue weighted by Gasteiger charge is -2.34. The van der Waals surface area contributed by atoms with Gasteiger partial charge in [0.05, 0.1) is 10.6 Å². The number of carbonyl (C=O) groups is 2. The summed E-state index contributed by atoms with van der Waals surface area (Å²) in [5.74, 6) is -1.67. The molecule has 0 spiro atoms. The molecule has 0 aliphatic carbocycles. The summed E-state index contributed by atoms with van der Waals surface area (Å²) in [6.45, 7) is 4.83. The predicted molar refractivity (Wildman–Crippen MR) is 181 cm³/mol. The second kappa shape index (κ2) is 15.6. The molecule has 2 atom stereocenters. The second-order valence-electron chi connectivity index (χ2n) is 11.0. The first-order chi connectivity index (χ1) is 21.9.